The van der Waals surface area contributed by atoms with E-state index < -0.39 is 24.1 Å². The number of nitrogens with zero attached hydrogens (tertiary/aromatic N) is 3. The van der Waals surface area contributed by atoms with Gasteiger partial charge in [0.15, 0.2) is 0 Å². The lowest BCUT2D eigenvalue weighted by Crippen LogP contribution is -2.58. The Kier molecular flexibility index (Phi) is 8.90. The number of hydrogen-bond donors (Lipinski definition) is 1. The number of cyclic esters (lactones) is 1. The summed E-state index contributed by atoms with van der Waals surface area (Å²) >= 11 is 0. The van der Waals surface area contributed by atoms with Crippen molar-refractivity contribution in [2.24, 2.45) is 5.92 Å². The number of carbonyl (C=O) groups excluding carboxylic acids is 5. The first-order valence-corrected chi connectivity index (χ1v) is 12.6. The summed E-state index contributed by atoms with van der Waals surface area (Å²) in [4.78, 5) is 69.6. The van der Waals surface area contributed by atoms with Crippen molar-refractivity contribution in [1.82, 2.24) is 20.0 Å². The number of fused-ring (bicyclic) bond motifs is 2. The van der Waals surface area contributed by atoms with Crippen molar-refractivity contribution in [3.05, 3.63) is 0 Å². The van der Waals surface area contributed by atoms with Crippen molar-refractivity contribution >= 4 is 29.6 Å². The van der Waals surface area contributed by atoms with Gasteiger partial charge in [-0.05, 0) is 44.9 Å². The largest absolute Gasteiger partial charge is 0.464 e. The van der Waals surface area contributed by atoms with E-state index in [2.05, 4.69) is 5.32 Å². The van der Waals surface area contributed by atoms with E-state index in [0.717, 1.165) is 25.7 Å². The number of unbranched alkanes of at least 4 members (excludes halogenated alkanes) is 1. The highest BCUT2D eigenvalue weighted by atomic mass is 16.5. The molecule has 0 radical (unpaired) electrons. The molecule has 10 heteroatoms. The van der Waals surface area contributed by atoms with E-state index in [1.165, 1.54) is 9.80 Å². The molecule has 0 aliphatic carbocycles. The number of hydrogen-bond acceptors (Lipinski definition) is 6. The molecule has 10 nitrogen and oxygen atoms in total. The minimum atomic E-state index is -0.831. The van der Waals surface area contributed by atoms with Crippen molar-refractivity contribution in [2.75, 3.05) is 32.8 Å². The summed E-state index contributed by atoms with van der Waals surface area (Å²) in [5.41, 5.74) is 0. The number of amides is 4. The van der Waals surface area contributed by atoms with Crippen LogP contribution in [0.5, 0.6) is 0 Å². The molecule has 0 aromatic carbocycles. The average Bonchev–Trinajstić information content (AvgIpc) is 3.21. The molecule has 4 unspecified atom stereocenters. The van der Waals surface area contributed by atoms with E-state index >= 15 is 0 Å². The molecule has 3 fully saturated rings. The van der Waals surface area contributed by atoms with E-state index in [1.807, 2.05) is 13.8 Å². The van der Waals surface area contributed by atoms with Gasteiger partial charge in [0.25, 0.3) is 0 Å². The van der Waals surface area contributed by atoms with Gasteiger partial charge >= 0.3 is 5.97 Å². The van der Waals surface area contributed by atoms with Gasteiger partial charge in [-0.1, -0.05) is 20.3 Å². The Morgan fingerprint density at radius 1 is 1.00 bits per heavy atom. The number of rotatable bonds is 3. The Morgan fingerprint density at radius 3 is 2.50 bits per heavy atom. The molecule has 3 aliphatic rings. The molecule has 0 saturated carbocycles. The van der Waals surface area contributed by atoms with Crippen LogP contribution < -0.4 is 5.32 Å². The highest BCUT2D eigenvalue weighted by Crippen LogP contribution is 2.25. The number of nitrogens with one attached hydrogen (secondary N) is 1. The fourth-order valence-electron chi connectivity index (χ4n) is 5.02. The lowest BCUT2D eigenvalue weighted by Gasteiger charge is -2.37. The topological polar surface area (TPSA) is 116 Å². The molecule has 34 heavy (non-hydrogen) atoms. The second kappa shape index (κ2) is 11.7. The van der Waals surface area contributed by atoms with Crippen molar-refractivity contribution in [3.8, 4) is 0 Å². The van der Waals surface area contributed by atoms with Gasteiger partial charge in [0.05, 0.1) is 13.0 Å². The lowest BCUT2D eigenvalue weighted by atomic mass is 10.0. The Balaban J connectivity index is 1.86. The molecule has 0 aromatic rings. The minimum absolute atomic E-state index is 0.0285. The van der Waals surface area contributed by atoms with Gasteiger partial charge in [-0.3, -0.25) is 19.2 Å². The fourth-order valence-corrected chi connectivity index (χ4v) is 5.02. The van der Waals surface area contributed by atoms with Gasteiger partial charge in [0.2, 0.25) is 23.6 Å². The van der Waals surface area contributed by atoms with Crippen LogP contribution in [0.4, 0.5) is 0 Å². The minimum Gasteiger partial charge on any atom is -0.464 e. The van der Waals surface area contributed by atoms with Crippen LogP contribution in [0.2, 0.25) is 0 Å². The summed E-state index contributed by atoms with van der Waals surface area (Å²) in [5, 5.41) is 2.77. The van der Waals surface area contributed by atoms with Crippen LogP contribution >= 0.6 is 0 Å². The molecular formula is C24H38N4O6. The predicted molar refractivity (Wildman–Crippen MR) is 123 cm³/mol. The third-order valence-corrected chi connectivity index (χ3v) is 6.94. The van der Waals surface area contributed by atoms with E-state index in [1.54, 1.807) is 11.8 Å². The Labute approximate surface area is 201 Å². The first-order valence-electron chi connectivity index (χ1n) is 12.6. The highest BCUT2D eigenvalue weighted by molar-refractivity contribution is 5.94. The maximum atomic E-state index is 13.2. The van der Waals surface area contributed by atoms with E-state index in [-0.39, 0.29) is 49.1 Å². The Bertz CT molecular complexity index is 802. The molecule has 3 rings (SSSR count). The molecule has 4 amide bonds. The van der Waals surface area contributed by atoms with Crippen LogP contribution in [0, 0.1) is 5.92 Å². The number of piperidine rings is 1. The monoisotopic (exact) mass is 478 g/mol. The molecule has 190 valence electrons. The van der Waals surface area contributed by atoms with Crippen LogP contribution in [-0.2, 0) is 28.7 Å². The van der Waals surface area contributed by atoms with E-state index in [4.69, 9.17) is 4.74 Å². The van der Waals surface area contributed by atoms with Gasteiger partial charge in [0.1, 0.15) is 24.7 Å². The van der Waals surface area contributed by atoms with Gasteiger partial charge in [-0.2, -0.15) is 0 Å². The Hall–Kier alpha value is -2.65. The first kappa shape index (κ1) is 26.0. The molecule has 4 atom stereocenters. The zero-order chi connectivity index (χ0) is 24.8. The second-order valence-electron chi connectivity index (χ2n) is 9.76. The molecule has 0 aromatic heterocycles. The quantitative estimate of drug-likeness (QED) is 0.597. The van der Waals surface area contributed by atoms with Crippen LogP contribution in [0.1, 0.15) is 65.7 Å². The van der Waals surface area contributed by atoms with E-state index in [9.17, 15) is 24.0 Å². The van der Waals surface area contributed by atoms with Crippen molar-refractivity contribution in [1.29, 1.82) is 0 Å². The molecule has 0 bridgehead atoms. The number of esters is 1. The average molecular weight is 479 g/mol. The van der Waals surface area contributed by atoms with Gasteiger partial charge in [-0.25, -0.2) is 4.79 Å². The van der Waals surface area contributed by atoms with Crippen molar-refractivity contribution in [2.45, 2.75) is 83.8 Å². The summed E-state index contributed by atoms with van der Waals surface area (Å²) in [7, 11) is 0. The molecule has 3 aliphatic heterocycles. The molecule has 3 saturated heterocycles. The zero-order valence-corrected chi connectivity index (χ0v) is 20.6. The van der Waals surface area contributed by atoms with Gasteiger partial charge < -0.3 is 24.8 Å². The van der Waals surface area contributed by atoms with Crippen LogP contribution in [0.25, 0.3) is 0 Å². The summed E-state index contributed by atoms with van der Waals surface area (Å²) in [6, 6.07) is -2.23. The van der Waals surface area contributed by atoms with Gasteiger partial charge in [0, 0.05) is 19.6 Å². The molecular weight excluding hydrogens is 440 g/mol. The maximum absolute atomic E-state index is 13.2. The predicted octanol–water partition coefficient (Wildman–Crippen LogP) is 0.685. The summed E-state index contributed by atoms with van der Waals surface area (Å²) < 4.78 is 5.38. The normalized spacial score (nSPS) is 30.1. The molecule has 0 spiro atoms. The third-order valence-electron chi connectivity index (χ3n) is 6.94. The summed E-state index contributed by atoms with van der Waals surface area (Å²) in [6.07, 6.45) is 4.17. The SMILES string of the molecule is CCCCN1CC(=O)N2CCCCC2C(=O)NC(C)C(=O)N2CC(C)CC2C(=O)OCCC1=O. The Morgan fingerprint density at radius 2 is 1.76 bits per heavy atom. The molecule has 3 heterocycles. The van der Waals surface area contributed by atoms with Crippen LogP contribution in [0.3, 0.4) is 0 Å². The van der Waals surface area contributed by atoms with Crippen molar-refractivity contribution < 1.29 is 28.7 Å². The maximum Gasteiger partial charge on any atom is 0.328 e. The van der Waals surface area contributed by atoms with Crippen molar-refractivity contribution in [3.63, 3.8) is 0 Å². The van der Waals surface area contributed by atoms with Crippen LogP contribution in [0.15, 0.2) is 0 Å². The third kappa shape index (κ3) is 6.07. The summed E-state index contributed by atoms with van der Waals surface area (Å²) in [6.45, 7) is 6.63. The van der Waals surface area contributed by atoms with E-state index in [0.29, 0.717) is 32.5 Å². The highest BCUT2D eigenvalue weighted by Gasteiger charge is 2.41. The lowest BCUT2D eigenvalue weighted by molar-refractivity contribution is -0.156. The standard InChI is InChI=1S/C24H38N4O6/c1-4-5-10-26-15-21(30)27-11-7-6-8-18(27)22(31)25-17(3)23(32)28-14-16(2)13-19(28)24(33)34-12-9-20(26)29/h16-19H,4-15H2,1-3H3,(H,25,31). The molecule has 1 N–H and O–H groups in total. The number of ether oxygens (including phenoxy) is 1. The van der Waals surface area contributed by atoms with Crippen LogP contribution in [-0.4, -0.2) is 95.2 Å². The second-order valence-corrected chi connectivity index (χ2v) is 9.76. The summed E-state index contributed by atoms with van der Waals surface area (Å²) in [5.74, 6) is -1.68. The fraction of sp³-hybridized carbons (Fsp3) is 0.792. The van der Waals surface area contributed by atoms with Gasteiger partial charge in [-0.15, -0.1) is 0 Å². The smallest absolute Gasteiger partial charge is 0.328 e. The zero-order valence-electron chi connectivity index (χ0n) is 20.6. The first-order chi connectivity index (χ1) is 16.2. The number of carbonyl (C=O) groups is 5.